The highest BCUT2D eigenvalue weighted by atomic mass is 79.9. The van der Waals surface area contributed by atoms with E-state index in [0.29, 0.717) is 12.1 Å². The lowest BCUT2D eigenvalue weighted by molar-refractivity contribution is -0.151. The number of rotatable bonds is 4. The minimum Gasteiger partial charge on any atom is -0.459 e. The first-order valence-electron chi connectivity index (χ1n) is 8.26. The Balaban J connectivity index is 1.68. The number of ether oxygens (including phenoxy) is 1. The predicted octanol–water partition coefficient (Wildman–Crippen LogP) is 3.98. The van der Waals surface area contributed by atoms with Gasteiger partial charge in [0.25, 0.3) is 0 Å². The van der Waals surface area contributed by atoms with Gasteiger partial charge >= 0.3 is 5.97 Å². The Bertz CT molecular complexity index is 954. The molecule has 2 heterocycles. The summed E-state index contributed by atoms with van der Waals surface area (Å²) >= 11 is 3.41. The third-order valence-corrected chi connectivity index (χ3v) is 5.34. The molecule has 0 amide bonds. The lowest BCUT2D eigenvalue weighted by atomic mass is 10.2. The molecule has 1 aromatic carbocycles. The Kier molecular flexibility index (Phi) is 3.87. The molecule has 6 heteroatoms. The van der Waals surface area contributed by atoms with Crippen LogP contribution in [0.5, 0.6) is 0 Å². The molecule has 4 rings (SSSR count). The number of pyridine rings is 1. The van der Waals surface area contributed by atoms with Crippen LogP contribution >= 0.6 is 15.9 Å². The lowest BCUT2D eigenvalue weighted by Gasteiger charge is -2.17. The van der Waals surface area contributed by atoms with Crippen molar-refractivity contribution >= 4 is 32.9 Å². The standard InChI is InChI=1S/C19H18BrN3O2/c1-12-10-19(12,18(24)25-11-14-6-4-3-5-7-14)23-17-15(13(2)22-23)8-9-16(20)21-17/h3-9,12H,10-11H2,1-2H3. The van der Waals surface area contributed by atoms with Gasteiger partial charge in [-0.05, 0) is 52.9 Å². The van der Waals surface area contributed by atoms with Gasteiger partial charge in [-0.1, -0.05) is 37.3 Å². The average Bonchev–Trinajstić information content (AvgIpc) is 3.19. The number of fused-ring (bicyclic) bond motifs is 1. The molecule has 2 unspecified atom stereocenters. The maximum absolute atomic E-state index is 12.9. The second kappa shape index (κ2) is 5.95. The van der Waals surface area contributed by atoms with Crippen LogP contribution in [0.25, 0.3) is 11.0 Å². The Morgan fingerprint density at radius 1 is 1.32 bits per heavy atom. The van der Waals surface area contributed by atoms with Crippen LogP contribution in [-0.4, -0.2) is 20.7 Å². The minimum atomic E-state index is -0.755. The number of carbonyl (C=O) groups excluding carboxylic acids is 1. The summed E-state index contributed by atoms with van der Waals surface area (Å²) in [6.45, 7) is 4.25. The van der Waals surface area contributed by atoms with E-state index in [9.17, 15) is 4.79 Å². The van der Waals surface area contributed by atoms with Crippen molar-refractivity contribution in [2.24, 2.45) is 5.92 Å². The first kappa shape index (κ1) is 16.3. The summed E-state index contributed by atoms with van der Waals surface area (Å²) < 4.78 is 8.12. The van der Waals surface area contributed by atoms with Crippen LogP contribution in [0.1, 0.15) is 24.6 Å². The van der Waals surface area contributed by atoms with Crippen molar-refractivity contribution in [1.82, 2.24) is 14.8 Å². The normalized spacial score (nSPS) is 22.1. The van der Waals surface area contributed by atoms with E-state index in [0.717, 1.165) is 21.2 Å². The van der Waals surface area contributed by atoms with Crippen LogP contribution in [0.2, 0.25) is 0 Å². The molecule has 1 saturated carbocycles. The number of carbonyl (C=O) groups is 1. The van der Waals surface area contributed by atoms with E-state index in [-0.39, 0.29) is 18.5 Å². The number of aryl methyl sites for hydroxylation is 1. The van der Waals surface area contributed by atoms with Crippen molar-refractivity contribution in [3.05, 3.63) is 58.3 Å². The molecule has 5 nitrogen and oxygen atoms in total. The molecule has 25 heavy (non-hydrogen) atoms. The SMILES string of the molecule is Cc1nn(C2(C(=O)OCc3ccccc3)CC2C)c2nc(Br)ccc12. The lowest BCUT2D eigenvalue weighted by Crippen LogP contribution is -2.33. The third kappa shape index (κ3) is 2.65. The van der Waals surface area contributed by atoms with Crippen molar-refractivity contribution in [3.63, 3.8) is 0 Å². The first-order chi connectivity index (χ1) is 12.0. The summed E-state index contributed by atoms with van der Waals surface area (Å²) in [5.41, 5.74) is 1.80. The molecule has 0 radical (unpaired) electrons. The molecule has 2 aromatic heterocycles. The van der Waals surface area contributed by atoms with Crippen LogP contribution < -0.4 is 0 Å². The van der Waals surface area contributed by atoms with Crippen LogP contribution in [0.4, 0.5) is 0 Å². The van der Waals surface area contributed by atoms with Crippen molar-refractivity contribution in [3.8, 4) is 0 Å². The zero-order chi connectivity index (χ0) is 17.6. The zero-order valence-electron chi connectivity index (χ0n) is 14.1. The molecular formula is C19H18BrN3O2. The van der Waals surface area contributed by atoms with E-state index < -0.39 is 5.54 Å². The van der Waals surface area contributed by atoms with Crippen LogP contribution in [0.15, 0.2) is 47.1 Å². The number of hydrogen-bond acceptors (Lipinski definition) is 4. The molecule has 1 aliphatic rings. The fourth-order valence-corrected chi connectivity index (χ4v) is 3.62. The minimum absolute atomic E-state index is 0.166. The molecule has 0 aliphatic heterocycles. The highest BCUT2D eigenvalue weighted by molar-refractivity contribution is 9.10. The Hall–Kier alpha value is -2.21. The van der Waals surface area contributed by atoms with Gasteiger partial charge in [0.05, 0.1) is 5.69 Å². The molecule has 3 aromatic rings. The van der Waals surface area contributed by atoms with Crippen LogP contribution in [0.3, 0.4) is 0 Å². The van der Waals surface area contributed by atoms with E-state index in [1.807, 2.05) is 56.3 Å². The predicted molar refractivity (Wildman–Crippen MR) is 98.0 cm³/mol. The van der Waals surface area contributed by atoms with Crippen molar-refractivity contribution < 1.29 is 9.53 Å². The van der Waals surface area contributed by atoms with Gasteiger partial charge in [0.1, 0.15) is 11.2 Å². The monoisotopic (exact) mass is 399 g/mol. The molecular weight excluding hydrogens is 382 g/mol. The number of hydrogen-bond donors (Lipinski definition) is 0. The topological polar surface area (TPSA) is 57.0 Å². The summed E-state index contributed by atoms with van der Waals surface area (Å²) in [6.07, 6.45) is 0.713. The fraction of sp³-hybridized carbons (Fsp3) is 0.316. The van der Waals surface area contributed by atoms with Gasteiger partial charge in [-0.25, -0.2) is 14.5 Å². The summed E-state index contributed by atoms with van der Waals surface area (Å²) in [7, 11) is 0. The number of esters is 1. The number of halogens is 1. The molecule has 1 aliphatic carbocycles. The maximum Gasteiger partial charge on any atom is 0.334 e. The summed E-state index contributed by atoms with van der Waals surface area (Å²) in [5.74, 6) is -0.0749. The van der Waals surface area contributed by atoms with Gasteiger partial charge < -0.3 is 4.74 Å². The van der Waals surface area contributed by atoms with Gasteiger partial charge in [0.2, 0.25) is 0 Å². The smallest absolute Gasteiger partial charge is 0.334 e. The van der Waals surface area contributed by atoms with Crippen molar-refractivity contribution in [2.75, 3.05) is 0 Å². The summed E-state index contributed by atoms with van der Waals surface area (Å²) in [6, 6.07) is 13.6. The largest absolute Gasteiger partial charge is 0.459 e. The molecule has 1 fully saturated rings. The van der Waals surface area contributed by atoms with Crippen LogP contribution in [-0.2, 0) is 21.7 Å². The fourth-order valence-electron chi connectivity index (χ4n) is 3.32. The molecule has 2 atom stereocenters. The third-order valence-electron chi connectivity index (χ3n) is 4.90. The Morgan fingerprint density at radius 3 is 2.72 bits per heavy atom. The van der Waals surface area contributed by atoms with E-state index >= 15 is 0 Å². The summed E-state index contributed by atoms with van der Waals surface area (Å²) in [5, 5.41) is 5.58. The molecule has 0 bridgehead atoms. The van der Waals surface area contributed by atoms with Crippen molar-refractivity contribution in [2.45, 2.75) is 32.4 Å². The average molecular weight is 400 g/mol. The molecule has 0 N–H and O–H groups in total. The van der Waals surface area contributed by atoms with E-state index in [2.05, 4.69) is 26.0 Å². The van der Waals surface area contributed by atoms with E-state index in [1.54, 1.807) is 4.68 Å². The van der Waals surface area contributed by atoms with Crippen molar-refractivity contribution in [1.29, 1.82) is 0 Å². The second-order valence-electron chi connectivity index (χ2n) is 6.59. The van der Waals surface area contributed by atoms with E-state index in [1.165, 1.54) is 0 Å². The zero-order valence-corrected chi connectivity index (χ0v) is 15.7. The number of benzene rings is 1. The highest BCUT2D eigenvalue weighted by Crippen LogP contribution is 2.52. The summed E-state index contributed by atoms with van der Waals surface area (Å²) in [4.78, 5) is 17.5. The highest BCUT2D eigenvalue weighted by Gasteiger charge is 2.62. The molecule has 0 spiro atoms. The number of nitrogens with zero attached hydrogens (tertiary/aromatic N) is 3. The van der Waals surface area contributed by atoms with Gasteiger partial charge in [0.15, 0.2) is 11.2 Å². The Morgan fingerprint density at radius 2 is 2.04 bits per heavy atom. The van der Waals surface area contributed by atoms with Gasteiger partial charge in [-0.3, -0.25) is 0 Å². The van der Waals surface area contributed by atoms with E-state index in [4.69, 9.17) is 4.74 Å². The molecule has 128 valence electrons. The Labute approximate surface area is 154 Å². The maximum atomic E-state index is 12.9. The van der Waals surface area contributed by atoms with Gasteiger partial charge in [0, 0.05) is 5.39 Å². The first-order valence-corrected chi connectivity index (χ1v) is 9.05. The molecule has 0 saturated heterocycles. The van der Waals surface area contributed by atoms with Gasteiger partial charge in [-0.2, -0.15) is 5.10 Å². The van der Waals surface area contributed by atoms with Gasteiger partial charge in [-0.15, -0.1) is 0 Å². The quantitative estimate of drug-likeness (QED) is 0.491. The second-order valence-corrected chi connectivity index (χ2v) is 7.41. The number of aromatic nitrogens is 3. The van der Waals surface area contributed by atoms with Crippen LogP contribution in [0, 0.1) is 12.8 Å².